The fourth-order valence-corrected chi connectivity index (χ4v) is 7.79. The van der Waals surface area contributed by atoms with Crippen LogP contribution in [0.1, 0.15) is 69.3 Å². The third-order valence-electron chi connectivity index (χ3n) is 6.70. The van der Waals surface area contributed by atoms with Gasteiger partial charge in [0.2, 0.25) is 5.95 Å². The molecule has 3 aliphatic carbocycles. The fourth-order valence-electron chi connectivity index (χ4n) is 5.17. The lowest BCUT2D eigenvalue weighted by molar-refractivity contribution is 0.114. The van der Waals surface area contributed by atoms with Gasteiger partial charge in [-0.2, -0.15) is 0 Å². The summed E-state index contributed by atoms with van der Waals surface area (Å²) < 4.78 is 40.8. The highest BCUT2D eigenvalue weighted by atomic mass is 32.2. The fraction of sp³-hybridized carbons (Fsp3) is 0.789. The standard InChI is InChI=1S/C19H28FN3O2S/c20-17-9-12(5-8-15(17)13-10-22-19(21)23-11-13)16-3-1-2-4-18(16)26(24,25)14-6-7-14/h10-12,14-18H,1-9H2,(H2,21,22,23). The van der Waals surface area contributed by atoms with E-state index in [0.29, 0.717) is 6.42 Å². The monoisotopic (exact) mass is 381 g/mol. The van der Waals surface area contributed by atoms with Gasteiger partial charge in [0.15, 0.2) is 9.84 Å². The molecule has 0 bridgehead atoms. The van der Waals surface area contributed by atoms with E-state index < -0.39 is 16.0 Å². The lowest BCUT2D eigenvalue weighted by atomic mass is 9.69. The van der Waals surface area contributed by atoms with Crippen molar-refractivity contribution in [3.05, 3.63) is 18.0 Å². The molecule has 0 radical (unpaired) electrons. The van der Waals surface area contributed by atoms with Gasteiger partial charge >= 0.3 is 0 Å². The summed E-state index contributed by atoms with van der Waals surface area (Å²) in [6, 6.07) is 0. The highest BCUT2D eigenvalue weighted by molar-refractivity contribution is 7.92. The highest BCUT2D eigenvalue weighted by Crippen LogP contribution is 2.47. The van der Waals surface area contributed by atoms with Crippen LogP contribution >= 0.6 is 0 Å². The summed E-state index contributed by atoms with van der Waals surface area (Å²) in [6.07, 6.45) is 9.76. The summed E-state index contributed by atoms with van der Waals surface area (Å²) in [6.45, 7) is 0. The SMILES string of the molecule is Nc1ncc(C2CCC(C3CCCCC3S(=O)(=O)C3CC3)CC2F)cn1. The van der Waals surface area contributed by atoms with Gasteiger partial charge in [-0.1, -0.05) is 12.8 Å². The van der Waals surface area contributed by atoms with E-state index in [0.717, 1.165) is 56.9 Å². The maximum atomic E-state index is 15.0. The van der Waals surface area contributed by atoms with Gasteiger partial charge in [0.25, 0.3) is 0 Å². The van der Waals surface area contributed by atoms with Gasteiger partial charge in [0.1, 0.15) is 6.17 Å². The van der Waals surface area contributed by atoms with Crippen molar-refractivity contribution < 1.29 is 12.8 Å². The zero-order chi connectivity index (χ0) is 18.3. The first-order valence-electron chi connectivity index (χ1n) is 9.91. The number of alkyl halides is 1. The second-order valence-corrected chi connectivity index (χ2v) is 10.8. The number of halogens is 1. The number of anilines is 1. The molecule has 26 heavy (non-hydrogen) atoms. The lowest BCUT2D eigenvalue weighted by Crippen LogP contribution is -2.41. The Bertz CT molecular complexity index is 736. The van der Waals surface area contributed by atoms with Gasteiger partial charge in [-0.15, -0.1) is 0 Å². The molecule has 7 heteroatoms. The molecule has 3 aliphatic rings. The van der Waals surface area contributed by atoms with Crippen molar-refractivity contribution in [3.8, 4) is 0 Å². The van der Waals surface area contributed by atoms with Crippen LogP contribution in [0.5, 0.6) is 0 Å². The van der Waals surface area contributed by atoms with Crippen molar-refractivity contribution in [2.75, 3.05) is 5.73 Å². The average Bonchev–Trinajstić information content (AvgIpc) is 3.48. The zero-order valence-corrected chi connectivity index (χ0v) is 15.9. The third-order valence-corrected chi connectivity index (χ3v) is 9.53. The van der Waals surface area contributed by atoms with Crippen LogP contribution in [0.3, 0.4) is 0 Å². The summed E-state index contributed by atoms with van der Waals surface area (Å²) in [5, 5.41) is -0.352. The highest BCUT2D eigenvalue weighted by Gasteiger charge is 2.48. The molecule has 2 N–H and O–H groups in total. The van der Waals surface area contributed by atoms with E-state index in [-0.39, 0.29) is 34.2 Å². The van der Waals surface area contributed by atoms with Crippen molar-refractivity contribution in [1.82, 2.24) is 9.97 Å². The number of nitrogens with two attached hydrogens (primary N) is 1. The van der Waals surface area contributed by atoms with E-state index >= 15 is 0 Å². The van der Waals surface area contributed by atoms with Crippen molar-refractivity contribution in [1.29, 1.82) is 0 Å². The number of hydrogen-bond donors (Lipinski definition) is 1. The Morgan fingerprint density at radius 1 is 1.00 bits per heavy atom. The Morgan fingerprint density at radius 3 is 2.35 bits per heavy atom. The second-order valence-electron chi connectivity index (χ2n) is 8.35. The second kappa shape index (κ2) is 7.06. The normalized spacial score (nSPS) is 36.0. The molecular weight excluding hydrogens is 353 g/mol. The average molecular weight is 382 g/mol. The van der Waals surface area contributed by atoms with Crippen LogP contribution in [-0.4, -0.2) is 35.1 Å². The molecule has 1 heterocycles. The van der Waals surface area contributed by atoms with Crippen LogP contribution in [0, 0.1) is 11.8 Å². The molecule has 0 aromatic carbocycles. The van der Waals surface area contributed by atoms with Crippen molar-refractivity contribution in [3.63, 3.8) is 0 Å². The van der Waals surface area contributed by atoms with Crippen LogP contribution in [0.4, 0.5) is 10.3 Å². The molecule has 5 unspecified atom stereocenters. The molecule has 0 saturated heterocycles. The molecule has 5 atom stereocenters. The van der Waals surface area contributed by atoms with Gasteiger partial charge in [0.05, 0.1) is 10.5 Å². The number of rotatable bonds is 4. The Morgan fingerprint density at radius 2 is 1.69 bits per heavy atom. The van der Waals surface area contributed by atoms with Gasteiger partial charge in [-0.05, 0) is 62.3 Å². The Kier molecular flexibility index (Phi) is 4.92. The van der Waals surface area contributed by atoms with Crippen molar-refractivity contribution in [2.24, 2.45) is 11.8 Å². The lowest BCUT2D eigenvalue weighted by Gasteiger charge is -2.41. The van der Waals surface area contributed by atoms with Gasteiger partial charge in [-0.25, -0.2) is 22.8 Å². The number of aromatic nitrogens is 2. The van der Waals surface area contributed by atoms with E-state index in [1.165, 1.54) is 0 Å². The molecule has 1 aromatic rings. The number of sulfone groups is 1. The molecule has 0 spiro atoms. The predicted molar refractivity (Wildman–Crippen MR) is 99.1 cm³/mol. The van der Waals surface area contributed by atoms with Crippen LogP contribution in [0.25, 0.3) is 0 Å². The zero-order valence-electron chi connectivity index (χ0n) is 15.1. The minimum atomic E-state index is -3.03. The summed E-state index contributed by atoms with van der Waals surface area (Å²) >= 11 is 0. The topological polar surface area (TPSA) is 85.9 Å². The van der Waals surface area contributed by atoms with E-state index in [4.69, 9.17) is 5.73 Å². The molecule has 3 fully saturated rings. The predicted octanol–water partition coefficient (Wildman–Crippen LogP) is 3.42. The Balaban J connectivity index is 1.47. The van der Waals surface area contributed by atoms with Gasteiger partial charge < -0.3 is 5.73 Å². The molecule has 3 saturated carbocycles. The summed E-state index contributed by atoms with van der Waals surface area (Å²) in [5.41, 5.74) is 6.32. The number of nitrogen functional groups attached to an aromatic ring is 1. The first-order chi connectivity index (χ1) is 12.5. The Labute approximate surface area is 154 Å². The molecule has 0 amide bonds. The van der Waals surface area contributed by atoms with E-state index in [9.17, 15) is 12.8 Å². The van der Waals surface area contributed by atoms with Crippen molar-refractivity contribution >= 4 is 15.8 Å². The first kappa shape index (κ1) is 18.1. The van der Waals surface area contributed by atoms with Crippen molar-refractivity contribution in [2.45, 2.75) is 80.4 Å². The maximum absolute atomic E-state index is 15.0. The molecule has 0 aliphatic heterocycles. The largest absolute Gasteiger partial charge is 0.368 e. The molecule has 1 aromatic heterocycles. The smallest absolute Gasteiger partial charge is 0.219 e. The minimum absolute atomic E-state index is 0.113. The van der Waals surface area contributed by atoms with Crippen LogP contribution < -0.4 is 5.73 Å². The Hall–Kier alpha value is -1.24. The molecule has 144 valence electrons. The van der Waals surface area contributed by atoms with Gasteiger partial charge in [-0.3, -0.25) is 0 Å². The summed E-state index contributed by atoms with van der Waals surface area (Å²) in [5.74, 6) is 0.313. The maximum Gasteiger partial charge on any atom is 0.219 e. The first-order valence-corrected chi connectivity index (χ1v) is 11.5. The quantitative estimate of drug-likeness (QED) is 0.864. The molecular formula is C19H28FN3O2S. The van der Waals surface area contributed by atoms with Crippen LogP contribution in [0.15, 0.2) is 12.4 Å². The van der Waals surface area contributed by atoms with E-state index in [2.05, 4.69) is 9.97 Å². The van der Waals surface area contributed by atoms with Crippen LogP contribution in [0.2, 0.25) is 0 Å². The number of hydrogen-bond acceptors (Lipinski definition) is 5. The number of nitrogens with zero attached hydrogens (tertiary/aromatic N) is 2. The molecule has 4 rings (SSSR count). The van der Waals surface area contributed by atoms with Crippen LogP contribution in [-0.2, 0) is 9.84 Å². The van der Waals surface area contributed by atoms with Gasteiger partial charge in [0, 0.05) is 18.3 Å². The van der Waals surface area contributed by atoms with E-state index in [1.807, 2.05) is 0 Å². The van der Waals surface area contributed by atoms with E-state index in [1.54, 1.807) is 12.4 Å². The molecule has 5 nitrogen and oxygen atoms in total. The summed E-state index contributed by atoms with van der Waals surface area (Å²) in [7, 11) is -3.03. The minimum Gasteiger partial charge on any atom is -0.368 e. The third kappa shape index (κ3) is 3.47. The summed E-state index contributed by atoms with van der Waals surface area (Å²) in [4.78, 5) is 7.98.